The Kier molecular flexibility index (Phi) is 49.2. The first-order valence-electron chi connectivity index (χ1n) is 0.697. The van der Waals surface area contributed by atoms with Crippen molar-refractivity contribution in [3.05, 3.63) is 0 Å². The Morgan fingerprint density at radius 3 is 1.17 bits per heavy atom. The third-order valence-electron chi connectivity index (χ3n) is 0.0500. The van der Waals surface area contributed by atoms with Crippen LogP contribution in [0.3, 0.4) is 0 Å². The first-order valence-corrected chi connectivity index (χ1v) is 0.697. The van der Waals surface area contributed by atoms with Crippen LogP contribution in [0.25, 0.3) is 0 Å². The Morgan fingerprint density at radius 1 is 1.00 bits per heavy atom. The maximum atomic E-state index is 7.26. The molecule has 0 bridgehead atoms. The quantitative estimate of drug-likeness (QED) is 0.489. The van der Waals surface area contributed by atoms with E-state index < -0.39 is 0 Å². The molecular weight excluding hydrogens is 223 g/mol. The van der Waals surface area contributed by atoms with E-state index in [1.807, 2.05) is 0 Å². The van der Waals surface area contributed by atoms with Gasteiger partial charge < -0.3 is 0 Å². The van der Waals surface area contributed by atoms with E-state index in [2.05, 4.69) is 0 Å². The fourth-order valence-corrected chi connectivity index (χ4v) is 0. The number of nitriles is 2. The van der Waals surface area contributed by atoms with Crippen LogP contribution in [0.2, 0.25) is 0 Å². The van der Waals surface area contributed by atoms with Gasteiger partial charge in [0.1, 0.15) is 0 Å². The molecule has 4 heteroatoms. The van der Waals surface area contributed by atoms with Crippen LogP contribution >= 0.6 is 0 Å². The zero-order valence-electron chi connectivity index (χ0n) is 2.25. The summed E-state index contributed by atoms with van der Waals surface area (Å²) >= 11 is 0. The topological polar surface area (TPSA) is 47.6 Å². The van der Waals surface area contributed by atoms with Gasteiger partial charge in [-0.1, -0.05) is 0 Å². The average Bonchev–Trinajstić information content (AvgIpc) is 1.37. The molecule has 0 aliphatic carbocycles. The van der Waals surface area contributed by atoms with Gasteiger partial charge >= 0.3 is 25.8 Å². The summed E-state index contributed by atoms with van der Waals surface area (Å²) in [7, 11) is 0. The Labute approximate surface area is 65.4 Å². The fraction of sp³-hybridized carbons (Fsp3) is 0. The number of nitrogens with zero attached hydrogens (tertiary/aromatic N) is 2. The maximum absolute atomic E-state index is 7.26. The van der Waals surface area contributed by atoms with E-state index in [1.54, 1.807) is 0 Å². The van der Waals surface area contributed by atoms with Gasteiger partial charge in [0.15, 0.2) is 12.1 Å². The van der Waals surface area contributed by atoms with E-state index in [9.17, 15) is 0 Å². The molecule has 0 radical (unpaired) electrons. The summed E-state index contributed by atoms with van der Waals surface area (Å²) in [5.74, 6) is 0. The van der Waals surface area contributed by atoms with E-state index in [4.69, 9.17) is 10.5 Å². The van der Waals surface area contributed by atoms with Crippen molar-refractivity contribution in [2.24, 2.45) is 0 Å². The monoisotopic (exact) mass is 226 g/mol. The minimum absolute atomic E-state index is 0. The molecule has 0 rings (SSSR count). The van der Waals surface area contributed by atoms with Crippen molar-refractivity contribution in [1.82, 2.24) is 0 Å². The van der Waals surface area contributed by atoms with Crippen LogP contribution < -0.4 is 0 Å². The first kappa shape index (κ1) is 16.2. The zero-order valence-corrected chi connectivity index (χ0v) is 3.35. The summed E-state index contributed by atoms with van der Waals surface area (Å²) < 4.78 is 0. The Balaban J connectivity index is -0.0000000450. The van der Waals surface area contributed by atoms with Gasteiger partial charge in [-0.05, 0) is 0 Å². The van der Waals surface area contributed by atoms with Gasteiger partial charge in [0.2, 0.25) is 0 Å². The van der Waals surface area contributed by atoms with Gasteiger partial charge in [-0.2, -0.15) is 10.5 Å². The molecule has 0 aromatic carbocycles. The van der Waals surface area contributed by atoms with Crippen LogP contribution in [0.5, 0.6) is 0 Å². The van der Waals surface area contributed by atoms with Crippen LogP contribution in [-0.2, 0) is 17.1 Å². The summed E-state index contributed by atoms with van der Waals surface area (Å²) in [6.45, 7) is 0. The third kappa shape index (κ3) is 26.4. The van der Waals surface area contributed by atoms with E-state index in [0.717, 1.165) is 0 Å². The van der Waals surface area contributed by atoms with Crippen molar-refractivity contribution in [2.75, 3.05) is 0 Å². The average molecular weight is 226 g/mol. The first-order chi connectivity index (χ1) is 1.91. The molecule has 0 saturated carbocycles. The van der Waals surface area contributed by atoms with Gasteiger partial charge in [-0.3, -0.25) is 0 Å². The van der Waals surface area contributed by atoms with E-state index >= 15 is 0 Å². The van der Waals surface area contributed by atoms with E-state index in [1.165, 1.54) is 12.1 Å². The standard InChI is InChI=1S/C2N2.Fe.In.3H/c3-1-2-4;;;;;. The summed E-state index contributed by atoms with van der Waals surface area (Å²) in [5, 5.41) is 14.5. The van der Waals surface area contributed by atoms with Crippen LogP contribution in [0.15, 0.2) is 0 Å². The summed E-state index contributed by atoms with van der Waals surface area (Å²) in [6, 6.07) is 2.47. The molecular formula is C2H3FeInN2. The van der Waals surface area contributed by atoms with Crippen LogP contribution in [0.1, 0.15) is 0 Å². The van der Waals surface area contributed by atoms with Crippen LogP contribution in [0, 0.1) is 22.7 Å². The SMILES string of the molecule is N#CC#N.[Fe].[InH3]. The van der Waals surface area contributed by atoms with Crippen LogP contribution in [-0.4, -0.2) is 25.8 Å². The fourth-order valence-electron chi connectivity index (χ4n) is 0. The van der Waals surface area contributed by atoms with Crippen molar-refractivity contribution in [3.8, 4) is 12.1 Å². The molecule has 0 N–H and O–H groups in total. The zero-order chi connectivity index (χ0) is 3.41. The van der Waals surface area contributed by atoms with Gasteiger partial charge in [0.25, 0.3) is 0 Å². The van der Waals surface area contributed by atoms with Gasteiger partial charge in [0.05, 0.1) is 0 Å². The normalized spacial score (nSPS) is 1.67. The molecule has 0 aromatic rings. The molecule has 0 heterocycles. The van der Waals surface area contributed by atoms with Crippen molar-refractivity contribution in [2.45, 2.75) is 0 Å². The Morgan fingerprint density at radius 2 is 1.17 bits per heavy atom. The summed E-state index contributed by atoms with van der Waals surface area (Å²) in [5.41, 5.74) is 0. The molecule has 0 saturated heterocycles. The van der Waals surface area contributed by atoms with Crippen molar-refractivity contribution >= 4 is 25.8 Å². The minimum atomic E-state index is 0. The molecule has 0 amide bonds. The molecule has 0 aliphatic heterocycles. The van der Waals surface area contributed by atoms with Gasteiger partial charge in [-0.15, -0.1) is 0 Å². The predicted octanol–water partition coefficient (Wildman–Crippen LogP) is -1.15. The molecule has 0 spiro atoms. The number of hydrogen-bond acceptors (Lipinski definition) is 2. The second-order valence-corrected chi connectivity index (χ2v) is 0.224. The number of rotatable bonds is 0. The van der Waals surface area contributed by atoms with Gasteiger partial charge in [0, 0.05) is 17.1 Å². The Hall–Kier alpha value is 0.370. The number of hydrogen-bond donors (Lipinski definition) is 0. The second kappa shape index (κ2) is 18.3. The molecule has 2 nitrogen and oxygen atoms in total. The second-order valence-electron chi connectivity index (χ2n) is 0.224. The molecule has 0 aromatic heterocycles. The Bertz CT molecular complexity index is 66.5. The van der Waals surface area contributed by atoms with Crippen LogP contribution in [0.4, 0.5) is 0 Å². The summed E-state index contributed by atoms with van der Waals surface area (Å²) in [6.07, 6.45) is 0. The molecule has 32 valence electrons. The predicted molar refractivity (Wildman–Crippen MR) is 21.2 cm³/mol. The van der Waals surface area contributed by atoms with E-state index in [-0.39, 0.29) is 42.9 Å². The van der Waals surface area contributed by atoms with Gasteiger partial charge in [-0.25, -0.2) is 0 Å². The molecule has 0 aliphatic rings. The molecule has 0 atom stereocenters. The molecule has 0 fully saturated rings. The summed E-state index contributed by atoms with van der Waals surface area (Å²) in [4.78, 5) is 0. The van der Waals surface area contributed by atoms with Crippen molar-refractivity contribution < 1.29 is 17.1 Å². The third-order valence-corrected chi connectivity index (χ3v) is 0.0500. The van der Waals surface area contributed by atoms with E-state index in [0.29, 0.717) is 0 Å². The molecule has 6 heavy (non-hydrogen) atoms. The van der Waals surface area contributed by atoms with Crippen molar-refractivity contribution in [1.29, 1.82) is 10.5 Å². The van der Waals surface area contributed by atoms with Crippen molar-refractivity contribution in [3.63, 3.8) is 0 Å². The molecule has 0 unspecified atom stereocenters.